The number of nitrogens with zero attached hydrogens (tertiary/aromatic N) is 2. The van der Waals surface area contributed by atoms with Gasteiger partial charge in [-0.1, -0.05) is 6.42 Å². The number of carbonyl (C=O) groups is 1. The molecule has 0 saturated heterocycles. The van der Waals surface area contributed by atoms with E-state index in [0.29, 0.717) is 12.5 Å². The van der Waals surface area contributed by atoms with Gasteiger partial charge in [0.15, 0.2) is 0 Å². The Labute approximate surface area is 108 Å². The molecule has 1 saturated carbocycles. The predicted octanol–water partition coefficient (Wildman–Crippen LogP) is 1.35. The van der Waals surface area contributed by atoms with Gasteiger partial charge in [-0.2, -0.15) is 5.10 Å². The summed E-state index contributed by atoms with van der Waals surface area (Å²) < 4.78 is 1.79. The Kier molecular flexibility index (Phi) is 3.71. The maximum absolute atomic E-state index is 12.3. The first kappa shape index (κ1) is 13.1. The topological polar surface area (TPSA) is 72.9 Å². The third-order valence-electron chi connectivity index (χ3n) is 4.06. The van der Waals surface area contributed by atoms with Gasteiger partial charge in [-0.3, -0.25) is 9.48 Å². The van der Waals surface area contributed by atoms with Crippen LogP contribution in [0.25, 0.3) is 0 Å². The SMILES string of the molecule is Cc1nn(C)c(C)c1NC(=O)[C@@H]1CCC[C@@H]1CN. The lowest BCUT2D eigenvalue weighted by Gasteiger charge is -2.17. The summed E-state index contributed by atoms with van der Waals surface area (Å²) in [5.74, 6) is 0.499. The number of aryl methyl sites for hydroxylation is 2. The second kappa shape index (κ2) is 5.10. The number of rotatable bonds is 3. The summed E-state index contributed by atoms with van der Waals surface area (Å²) in [4.78, 5) is 12.3. The summed E-state index contributed by atoms with van der Waals surface area (Å²) in [6.45, 7) is 4.48. The van der Waals surface area contributed by atoms with Crippen LogP contribution in [0.3, 0.4) is 0 Å². The Balaban J connectivity index is 2.11. The number of carbonyl (C=O) groups excluding carboxylic acids is 1. The molecule has 100 valence electrons. The zero-order valence-corrected chi connectivity index (χ0v) is 11.4. The molecular weight excluding hydrogens is 228 g/mol. The van der Waals surface area contributed by atoms with Gasteiger partial charge >= 0.3 is 0 Å². The van der Waals surface area contributed by atoms with Gasteiger partial charge < -0.3 is 11.1 Å². The van der Waals surface area contributed by atoms with Crippen molar-refractivity contribution in [3.8, 4) is 0 Å². The van der Waals surface area contributed by atoms with Crippen LogP contribution in [0.5, 0.6) is 0 Å². The molecule has 3 N–H and O–H groups in total. The fraction of sp³-hybridized carbons (Fsp3) is 0.692. The molecule has 2 atom stereocenters. The highest BCUT2D eigenvalue weighted by Gasteiger charge is 2.32. The van der Waals surface area contributed by atoms with Crippen molar-refractivity contribution in [1.29, 1.82) is 0 Å². The number of anilines is 1. The zero-order valence-electron chi connectivity index (χ0n) is 11.4. The van der Waals surface area contributed by atoms with Crippen LogP contribution >= 0.6 is 0 Å². The van der Waals surface area contributed by atoms with Crippen molar-refractivity contribution in [2.45, 2.75) is 33.1 Å². The highest BCUT2D eigenvalue weighted by Crippen LogP contribution is 2.32. The summed E-state index contributed by atoms with van der Waals surface area (Å²) in [5.41, 5.74) is 8.43. The maximum Gasteiger partial charge on any atom is 0.227 e. The zero-order chi connectivity index (χ0) is 13.3. The van der Waals surface area contributed by atoms with Gasteiger partial charge in [0, 0.05) is 13.0 Å². The van der Waals surface area contributed by atoms with E-state index in [2.05, 4.69) is 10.4 Å². The van der Waals surface area contributed by atoms with Gasteiger partial charge in [-0.25, -0.2) is 0 Å². The van der Waals surface area contributed by atoms with E-state index in [1.165, 1.54) is 0 Å². The molecule has 1 aromatic rings. The summed E-state index contributed by atoms with van der Waals surface area (Å²) >= 11 is 0. The smallest absolute Gasteiger partial charge is 0.227 e. The molecule has 0 aliphatic heterocycles. The molecule has 5 nitrogen and oxygen atoms in total. The molecule has 0 aromatic carbocycles. The van der Waals surface area contributed by atoms with Crippen LogP contribution < -0.4 is 11.1 Å². The van der Waals surface area contributed by atoms with Crippen LogP contribution in [0, 0.1) is 25.7 Å². The Bertz CT molecular complexity index is 452. The molecule has 1 aliphatic rings. The Morgan fingerprint density at radius 1 is 1.50 bits per heavy atom. The van der Waals surface area contributed by atoms with E-state index in [-0.39, 0.29) is 11.8 Å². The molecule has 2 rings (SSSR count). The molecule has 0 unspecified atom stereocenters. The molecule has 5 heteroatoms. The first-order valence-corrected chi connectivity index (χ1v) is 6.55. The summed E-state index contributed by atoms with van der Waals surface area (Å²) in [6.07, 6.45) is 3.12. The van der Waals surface area contributed by atoms with E-state index < -0.39 is 0 Å². The van der Waals surface area contributed by atoms with Crippen LogP contribution in [0.4, 0.5) is 5.69 Å². The normalized spacial score (nSPS) is 23.3. The number of nitrogens with two attached hydrogens (primary N) is 1. The molecule has 1 aliphatic carbocycles. The Morgan fingerprint density at radius 2 is 2.22 bits per heavy atom. The van der Waals surface area contributed by atoms with Crippen molar-refractivity contribution in [2.24, 2.45) is 24.6 Å². The first-order valence-electron chi connectivity index (χ1n) is 6.55. The third kappa shape index (κ3) is 2.27. The van der Waals surface area contributed by atoms with Crippen molar-refractivity contribution in [2.75, 3.05) is 11.9 Å². The van der Waals surface area contributed by atoms with Gasteiger partial charge in [0.05, 0.1) is 17.1 Å². The highest BCUT2D eigenvalue weighted by molar-refractivity contribution is 5.94. The highest BCUT2D eigenvalue weighted by atomic mass is 16.1. The van der Waals surface area contributed by atoms with Gasteiger partial charge in [-0.05, 0) is 39.2 Å². The minimum absolute atomic E-state index is 0.0639. The fourth-order valence-corrected chi connectivity index (χ4v) is 2.83. The second-order valence-electron chi connectivity index (χ2n) is 5.19. The molecule has 0 radical (unpaired) electrons. The lowest BCUT2D eigenvalue weighted by atomic mass is 9.95. The number of amides is 1. The molecule has 1 aromatic heterocycles. The molecule has 1 fully saturated rings. The standard InChI is InChI=1S/C13H22N4O/c1-8-12(9(2)17(3)16-8)15-13(18)11-6-4-5-10(11)7-14/h10-11H,4-7,14H2,1-3H3,(H,15,18)/t10-,11-/m1/s1. The molecule has 1 amide bonds. The second-order valence-corrected chi connectivity index (χ2v) is 5.19. The van der Waals surface area contributed by atoms with Gasteiger partial charge in [0.2, 0.25) is 5.91 Å². The number of aromatic nitrogens is 2. The molecule has 0 spiro atoms. The number of hydrogen-bond donors (Lipinski definition) is 2. The first-order chi connectivity index (χ1) is 8.54. The van der Waals surface area contributed by atoms with E-state index in [0.717, 1.165) is 36.3 Å². The van der Waals surface area contributed by atoms with E-state index >= 15 is 0 Å². The Hall–Kier alpha value is -1.36. The van der Waals surface area contributed by atoms with Crippen LogP contribution in [0.1, 0.15) is 30.7 Å². The largest absolute Gasteiger partial charge is 0.330 e. The van der Waals surface area contributed by atoms with Crippen LogP contribution in [-0.2, 0) is 11.8 Å². The van der Waals surface area contributed by atoms with Crippen molar-refractivity contribution >= 4 is 11.6 Å². The quantitative estimate of drug-likeness (QED) is 0.850. The van der Waals surface area contributed by atoms with Crippen LogP contribution in [0.2, 0.25) is 0 Å². The van der Waals surface area contributed by atoms with Crippen molar-refractivity contribution in [3.05, 3.63) is 11.4 Å². The molecule has 1 heterocycles. The van der Waals surface area contributed by atoms with Crippen LogP contribution in [-0.4, -0.2) is 22.2 Å². The van der Waals surface area contributed by atoms with Crippen molar-refractivity contribution in [1.82, 2.24) is 9.78 Å². The van der Waals surface area contributed by atoms with E-state index in [1.807, 2.05) is 20.9 Å². The summed E-state index contributed by atoms with van der Waals surface area (Å²) in [6, 6.07) is 0. The van der Waals surface area contributed by atoms with E-state index in [1.54, 1.807) is 4.68 Å². The lowest BCUT2D eigenvalue weighted by Crippen LogP contribution is -2.30. The average molecular weight is 250 g/mol. The van der Waals surface area contributed by atoms with Gasteiger partial charge in [0.25, 0.3) is 0 Å². The minimum Gasteiger partial charge on any atom is -0.330 e. The molecular formula is C13H22N4O. The molecule has 0 bridgehead atoms. The summed E-state index contributed by atoms with van der Waals surface area (Å²) in [5, 5.41) is 7.33. The molecule has 18 heavy (non-hydrogen) atoms. The van der Waals surface area contributed by atoms with E-state index in [4.69, 9.17) is 5.73 Å². The maximum atomic E-state index is 12.3. The third-order valence-corrected chi connectivity index (χ3v) is 4.06. The monoisotopic (exact) mass is 250 g/mol. The predicted molar refractivity (Wildman–Crippen MR) is 71.2 cm³/mol. The van der Waals surface area contributed by atoms with Crippen molar-refractivity contribution < 1.29 is 4.79 Å². The lowest BCUT2D eigenvalue weighted by molar-refractivity contribution is -0.120. The average Bonchev–Trinajstić information content (AvgIpc) is 2.90. The number of hydrogen-bond acceptors (Lipinski definition) is 3. The van der Waals surface area contributed by atoms with Crippen LogP contribution in [0.15, 0.2) is 0 Å². The van der Waals surface area contributed by atoms with E-state index in [9.17, 15) is 4.79 Å². The number of nitrogens with one attached hydrogen (secondary N) is 1. The van der Waals surface area contributed by atoms with Gasteiger partial charge in [0.1, 0.15) is 0 Å². The van der Waals surface area contributed by atoms with Gasteiger partial charge in [-0.15, -0.1) is 0 Å². The summed E-state index contributed by atoms with van der Waals surface area (Å²) in [7, 11) is 1.89. The fourth-order valence-electron chi connectivity index (χ4n) is 2.83. The van der Waals surface area contributed by atoms with Crippen molar-refractivity contribution in [3.63, 3.8) is 0 Å². The Morgan fingerprint density at radius 3 is 2.78 bits per heavy atom. The minimum atomic E-state index is 0.0639.